The van der Waals surface area contributed by atoms with Crippen LogP contribution >= 0.6 is 0 Å². The second kappa shape index (κ2) is 7.51. The third-order valence-electron chi connectivity index (χ3n) is 3.42. The lowest BCUT2D eigenvalue weighted by atomic mass is 10.0. The van der Waals surface area contributed by atoms with Gasteiger partial charge in [0.25, 0.3) is 0 Å². The standard InChI is InChI=1S/C14H26N2O/c1-5-12(6-2)10-15-11-13(16(3)4)14-8-7-9-17-14/h7-9,12-13,15H,5-6,10-11H2,1-4H3. The van der Waals surface area contributed by atoms with Crippen molar-refractivity contribution in [3.05, 3.63) is 24.2 Å². The Kier molecular flexibility index (Phi) is 6.30. The molecule has 3 nitrogen and oxygen atoms in total. The number of hydrogen-bond acceptors (Lipinski definition) is 3. The lowest BCUT2D eigenvalue weighted by molar-refractivity contribution is 0.246. The molecule has 1 rings (SSSR count). The van der Waals surface area contributed by atoms with E-state index in [1.165, 1.54) is 12.8 Å². The van der Waals surface area contributed by atoms with E-state index in [0.717, 1.165) is 24.8 Å². The normalized spacial score (nSPS) is 13.5. The number of rotatable bonds is 8. The molecule has 0 spiro atoms. The number of furan rings is 1. The molecule has 0 saturated carbocycles. The van der Waals surface area contributed by atoms with Gasteiger partial charge in [0.15, 0.2) is 0 Å². The van der Waals surface area contributed by atoms with E-state index in [1.54, 1.807) is 6.26 Å². The lowest BCUT2D eigenvalue weighted by Gasteiger charge is -2.24. The Morgan fingerprint density at radius 2 is 1.94 bits per heavy atom. The van der Waals surface area contributed by atoms with Gasteiger partial charge in [0, 0.05) is 6.54 Å². The molecule has 1 N–H and O–H groups in total. The zero-order valence-corrected chi connectivity index (χ0v) is 11.6. The number of nitrogens with one attached hydrogen (secondary N) is 1. The van der Waals surface area contributed by atoms with Crippen LogP contribution < -0.4 is 5.32 Å². The van der Waals surface area contributed by atoms with Crippen LogP contribution in [0.25, 0.3) is 0 Å². The number of nitrogens with zero attached hydrogens (tertiary/aromatic N) is 1. The summed E-state index contributed by atoms with van der Waals surface area (Å²) < 4.78 is 5.49. The molecule has 1 heterocycles. The predicted molar refractivity (Wildman–Crippen MR) is 72.1 cm³/mol. The minimum atomic E-state index is 0.319. The Morgan fingerprint density at radius 3 is 2.41 bits per heavy atom. The highest BCUT2D eigenvalue weighted by Gasteiger charge is 2.16. The minimum absolute atomic E-state index is 0.319. The Labute approximate surface area is 105 Å². The average molecular weight is 238 g/mol. The van der Waals surface area contributed by atoms with E-state index in [0.29, 0.717) is 6.04 Å². The van der Waals surface area contributed by atoms with Gasteiger partial charge in [-0.25, -0.2) is 0 Å². The third kappa shape index (κ3) is 4.52. The van der Waals surface area contributed by atoms with Crippen molar-refractivity contribution in [1.82, 2.24) is 10.2 Å². The molecule has 1 unspecified atom stereocenters. The van der Waals surface area contributed by atoms with Crippen LogP contribution in [0.5, 0.6) is 0 Å². The second-order valence-electron chi connectivity index (χ2n) is 4.84. The number of likely N-dealkylation sites (N-methyl/N-ethyl adjacent to an activating group) is 1. The molecule has 1 aromatic rings. The molecule has 0 bridgehead atoms. The van der Waals surface area contributed by atoms with Crippen molar-refractivity contribution in [2.75, 3.05) is 27.2 Å². The van der Waals surface area contributed by atoms with Gasteiger partial charge in [-0.1, -0.05) is 26.7 Å². The molecule has 17 heavy (non-hydrogen) atoms. The van der Waals surface area contributed by atoms with Gasteiger partial charge >= 0.3 is 0 Å². The fraction of sp³-hybridized carbons (Fsp3) is 0.714. The molecule has 0 radical (unpaired) electrons. The third-order valence-corrected chi connectivity index (χ3v) is 3.42. The Morgan fingerprint density at radius 1 is 1.24 bits per heavy atom. The van der Waals surface area contributed by atoms with Gasteiger partial charge in [-0.15, -0.1) is 0 Å². The van der Waals surface area contributed by atoms with Gasteiger partial charge in [-0.3, -0.25) is 4.90 Å². The summed E-state index contributed by atoms with van der Waals surface area (Å²) in [4.78, 5) is 2.19. The van der Waals surface area contributed by atoms with Crippen molar-refractivity contribution in [1.29, 1.82) is 0 Å². The van der Waals surface area contributed by atoms with E-state index in [1.807, 2.05) is 12.1 Å². The Balaban J connectivity index is 2.41. The van der Waals surface area contributed by atoms with Crippen molar-refractivity contribution in [2.24, 2.45) is 5.92 Å². The zero-order valence-electron chi connectivity index (χ0n) is 11.6. The monoisotopic (exact) mass is 238 g/mol. The van der Waals surface area contributed by atoms with Crippen LogP contribution in [-0.2, 0) is 0 Å². The molecule has 1 atom stereocenters. The van der Waals surface area contributed by atoms with Crippen LogP contribution in [0.15, 0.2) is 22.8 Å². The highest BCUT2D eigenvalue weighted by atomic mass is 16.3. The van der Waals surface area contributed by atoms with Crippen LogP contribution in [-0.4, -0.2) is 32.1 Å². The summed E-state index contributed by atoms with van der Waals surface area (Å²) in [5.74, 6) is 1.82. The molecule has 3 heteroatoms. The molecular weight excluding hydrogens is 212 g/mol. The van der Waals surface area contributed by atoms with Gasteiger partial charge in [-0.2, -0.15) is 0 Å². The highest BCUT2D eigenvalue weighted by Crippen LogP contribution is 2.17. The van der Waals surface area contributed by atoms with Gasteiger partial charge in [0.05, 0.1) is 12.3 Å². The summed E-state index contributed by atoms with van der Waals surface area (Å²) in [5, 5.41) is 3.56. The molecule has 0 aliphatic rings. The quantitative estimate of drug-likeness (QED) is 0.755. The lowest BCUT2D eigenvalue weighted by Crippen LogP contribution is -2.33. The van der Waals surface area contributed by atoms with Gasteiger partial charge in [0.1, 0.15) is 5.76 Å². The molecule has 0 aromatic carbocycles. The molecule has 0 amide bonds. The molecule has 1 aromatic heterocycles. The first-order valence-corrected chi connectivity index (χ1v) is 6.59. The SMILES string of the molecule is CCC(CC)CNCC(c1ccco1)N(C)C. The van der Waals surface area contributed by atoms with E-state index >= 15 is 0 Å². The smallest absolute Gasteiger partial charge is 0.122 e. The zero-order chi connectivity index (χ0) is 12.7. The summed E-state index contributed by atoms with van der Waals surface area (Å²) in [6.07, 6.45) is 4.24. The van der Waals surface area contributed by atoms with E-state index in [9.17, 15) is 0 Å². The summed E-state index contributed by atoms with van der Waals surface area (Å²) in [5.41, 5.74) is 0. The molecule has 0 fully saturated rings. The first kappa shape index (κ1) is 14.3. The van der Waals surface area contributed by atoms with Crippen LogP contribution in [0, 0.1) is 5.92 Å². The van der Waals surface area contributed by atoms with E-state index in [2.05, 4.69) is 38.2 Å². The van der Waals surface area contributed by atoms with Gasteiger partial charge in [-0.05, 0) is 38.7 Å². The minimum Gasteiger partial charge on any atom is -0.468 e. The van der Waals surface area contributed by atoms with Crippen LogP contribution in [0.3, 0.4) is 0 Å². The van der Waals surface area contributed by atoms with Crippen LogP contribution in [0.1, 0.15) is 38.5 Å². The van der Waals surface area contributed by atoms with Crippen molar-refractivity contribution < 1.29 is 4.42 Å². The predicted octanol–water partition coefficient (Wildman–Crippen LogP) is 2.91. The topological polar surface area (TPSA) is 28.4 Å². The van der Waals surface area contributed by atoms with Crippen molar-refractivity contribution in [3.63, 3.8) is 0 Å². The maximum atomic E-state index is 5.49. The van der Waals surface area contributed by atoms with Gasteiger partial charge < -0.3 is 9.73 Å². The highest BCUT2D eigenvalue weighted by molar-refractivity contribution is 5.04. The van der Waals surface area contributed by atoms with Crippen molar-refractivity contribution >= 4 is 0 Å². The Hall–Kier alpha value is -0.800. The summed E-state index contributed by atoms with van der Waals surface area (Å²) in [6.45, 7) is 6.55. The van der Waals surface area contributed by atoms with E-state index < -0.39 is 0 Å². The van der Waals surface area contributed by atoms with E-state index in [-0.39, 0.29) is 0 Å². The number of hydrogen-bond donors (Lipinski definition) is 1. The summed E-state index contributed by atoms with van der Waals surface area (Å²) >= 11 is 0. The molecular formula is C14H26N2O. The molecule has 98 valence electrons. The summed E-state index contributed by atoms with van der Waals surface area (Å²) in [6, 6.07) is 4.32. The Bertz CT molecular complexity index is 278. The first-order chi connectivity index (χ1) is 8.19. The van der Waals surface area contributed by atoms with Crippen molar-refractivity contribution in [3.8, 4) is 0 Å². The average Bonchev–Trinajstić information content (AvgIpc) is 2.82. The maximum Gasteiger partial charge on any atom is 0.122 e. The van der Waals surface area contributed by atoms with Crippen molar-refractivity contribution in [2.45, 2.75) is 32.7 Å². The molecule has 0 saturated heterocycles. The van der Waals surface area contributed by atoms with Gasteiger partial charge in [0.2, 0.25) is 0 Å². The fourth-order valence-corrected chi connectivity index (χ4v) is 2.02. The van der Waals surface area contributed by atoms with Crippen LogP contribution in [0.2, 0.25) is 0 Å². The summed E-state index contributed by atoms with van der Waals surface area (Å²) in [7, 11) is 4.18. The van der Waals surface area contributed by atoms with Crippen LogP contribution in [0.4, 0.5) is 0 Å². The fourth-order valence-electron chi connectivity index (χ4n) is 2.02. The maximum absolute atomic E-state index is 5.49. The first-order valence-electron chi connectivity index (χ1n) is 6.59. The largest absolute Gasteiger partial charge is 0.468 e. The van der Waals surface area contributed by atoms with E-state index in [4.69, 9.17) is 4.42 Å². The molecule has 0 aliphatic heterocycles. The molecule has 0 aliphatic carbocycles. The second-order valence-corrected chi connectivity index (χ2v) is 4.84.